The van der Waals surface area contributed by atoms with E-state index in [1.807, 2.05) is 6.92 Å². The van der Waals surface area contributed by atoms with Gasteiger partial charge in [-0.2, -0.15) is 5.26 Å². The van der Waals surface area contributed by atoms with Gasteiger partial charge in [-0.1, -0.05) is 37.3 Å². The Hall–Kier alpha value is -2.65. The number of carbonyl (C=O) groups excluding carboxylic acids is 1. The summed E-state index contributed by atoms with van der Waals surface area (Å²) in [5.41, 5.74) is 1.25. The summed E-state index contributed by atoms with van der Waals surface area (Å²) in [5, 5.41) is 8.16. The average Bonchev–Trinajstić information content (AvgIpc) is 3.00. The second-order valence-electron chi connectivity index (χ2n) is 6.37. The standard InChI is InChI=1S/C20H20N2O3S/c1-2-12-22-19(23)13-18(26(24,25)17-6-4-3-5-7-17)20(22)16-10-8-15(14-21)9-11-16/h3-11,18,20H,2,12-13H2,1H3/t18-,20+/m0/s1. The lowest BCUT2D eigenvalue weighted by molar-refractivity contribution is -0.129. The summed E-state index contributed by atoms with van der Waals surface area (Å²) in [7, 11) is -3.66. The van der Waals surface area contributed by atoms with Gasteiger partial charge in [0.15, 0.2) is 9.84 Å². The van der Waals surface area contributed by atoms with Crippen molar-refractivity contribution in [3.63, 3.8) is 0 Å². The molecule has 0 radical (unpaired) electrons. The van der Waals surface area contributed by atoms with Crippen LogP contribution in [0.15, 0.2) is 59.5 Å². The molecule has 1 amide bonds. The van der Waals surface area contributed by atoms with Gasteiger partial charge in [0.05, 0.1) is 27.8 Å². The van der Waals surface area contributed by atoms with E-state index in [9.17, 15) is 13.2 Å². The van der Waals surface area contributed by atoms with Gasteiger partial charge < -0.3 is 4.90 Å². The van der Waals surface area contributed by atoms with E-state index in [4.69, 9.17) is 5.26 Å². The molecular formula is C20H20N2O3S. The molecule has 1 heterocycles. The first kappa shape index (κ1) is 18.2. The zero-order chi connectivity index (χ0) is 18.7. The molecule has 0 saturated carbocycles. The van der Waals surface area contributed by atoms with Crippen molar-refractivity contribution in [2.24, 2.45) is 0 Å². The van der Waals surface area contributed by atoms with Crippen molar-refractivity contribution in [2.75, 3.05) is 6.54 Å². The largest absolute Gasteiger partial charge is 0.334 e. The molecule has 1 fully saturated rings. The predicted molar refractivity (Wildman–Crippen MR) is 97.9 cm³/mol. The molecule has 2 atom stereocenters. The highest BCUT2D eigenvalue weighted by molar-refractivity contribution is 7.92. The molecule has 1 saturated heterocycles. The number of hydrogen-bond donors (Lipinski definition) is 0. The minimum atomic E-state index is -3.66. The number of nitriles is 1. The van der Waals surface area contributed by atoms with Crippen LogP contribution in [-0.4, -0.2) is 31.0 Å². The summed E-state index contributed by atoms with van der Waals surface area (Å²) < 4.78 is 26.4. The summed E-state index contributed by atoms with van der Waals surface area (Å²) in [4.78, 5) is 14.5. The quantitative estimate of drug-likeness (QED) is 0.812. The fraction of sp³-hybridized carbons (Fsp3) is 0.300. The average molecular weight is 368 g/mol. The molecule has 1 aliphatic rings. The van der Waals surface area contributed by atoms with Crippen LogP contribution < -0.4 is 0 Å². The molecule has 1 aliphatic heterocycles. The van der Waals surface area contributed by atoms with Crippen LogP contribution in [0.2, 0.25) is 0 Å². The first-order chi connectivity index (χ1) is 12.5. The van der Waals surface area contributed by atoms with Gasteiger partial charge >= 0.3 is 0 Å². The van der Waals surface area contributed by atoms with Gasteiger partial charge in [0.2, 0.25) is 5.91 Å². The number of nitrogens with zero attached hydrogens (tertiary/aromatic N) is 2. The number of hydrogen-bond acceptors (Lipinski definition) is 4. The van der Waals surface area contributed by atoms with Gasteiger partial charge in [0.25, 0.3) is 0 Å². The van der Waals surface area contributed by atoms with Gasteiger partial charge in [-0.3, -0.25) is 4.79 Å². The van der Waals surface area contributed by atoms with E-state index >= 15 is 0 Å². The molecule has 134 valence electrons. The number of amides is 1. The highest BCUT2D eigenvalue weighted by atomic mass is 32.2. The third-order valence-corrected chi connectivity index (χ3v) is 6.85. The normalized spacial score (nSPS) is 20.2. The van der Waals surface area contributed by atoms with Crippen molar-refractivity contribution >= 4 is 15.7 Å². The lowest BCUT2D eigenvalue weighted by Gasteiger charge is -2.28. The molecule has 6 heteroatoms. The zero-order valence-corrected chi connectivity index (χ0v) is 15.3. The molecule has 2 aromatic rings. The molecule has 0 unspecified atom stereocenters. The Morgan fingerprint density at radius 1 is 1.12 bits per heavy atom. The maximum absolute atomic E-state index is 13.2. The van der Waals surface area contributed by atoms with E-state index in [0.29, 0.717) is 12.1 Å². The van der Waals surface area contributed by atoms with Crippen molar-refractivity contribution < 1.29 is 13.2 Å². The molecule has 5 nitrogen and oxygen atoms in total. The molecule has 0 bridgehead atoms. The Bertz CT molecular complexity index is 931. The molecule has 0 aromatic heterocycles. The molecule has 0 aliphatic carbocycles. The molecule has 0 N–H and O–H groups in total. The van der Waals surface area contributed by atoms with E-state index in [0.717, 1.165) is 12.0 Å². The van der Waals surface area contributed by atoms with Gasteiger partial charge in [0.1, 0.15) is 0 Å². The van der Waals surface area contributed by atoms with Crippen LogP contribution in [0.5, 0.6) is 0 Å². The predicted octanol–water partition coefficient (Wildman–Crippen LogP) is 3.08. The molecule has 2 aromatic carbocycles. The smallest absolute Gasteiger partial charge is 0.224 e. The Balaban J connectivity index is 2.07. The zero-order valence-electron chi connectivity index (χ0n) is 14.5. The van der Waals surface area contributed by atoms with Crippen molar-refractivity contribution in [1.82, 2.24) is 4.90 Å². The second-order valence-corrected chi connectivity index (χ2v) is 8.53. The maximum Gasteiger partial charge on any atom is 0.224 e. The number of benzene rings is 2. The first-order valence-electron chi connectivity index (χ1n) is 8.57. The van der Waals surface area contributed by atoms with Gasteiger partial charge in [0, 0.05) is 13.0 Å². The van der Waals surface area contributed by atoms with E-state index in [1.165, 1.54) is 0 Å². The van der Waals surface area contributed by atoms with Crippen LogP contribution in [0, 0.1) is 11.3 Å². The fourth-order valence-electron chi connectivity index (χ4n) is 3.48. The number of likely N-dealkylation sites (tertiary alicyclic amines) is 1. The lowest BCUT2D eigenvalue weighted by atomic mass is 10.0. The Kier molecular flexibility index (Phi) is 5.10. The first-order valence-corrected chi connectivity index (χ1v) is 10.1. The number of carbonyl (C=O) groups is 1. The van der Waals surface area contributed by atoms with Gasteiger partial charge in [-0.25, -0.2) is 8.42 Å². The fourth-order valence-corrected chi connectivity index (χ4v) is 5.37. The van der Waals surface area contributed by atoms with Gasteiger partial charge in [-0.15, -0.1) is 0 Å². The lowest BCUT2D eigenvalue weighted by Crippen LogP contribution is -2.33. The third kappa shape index (κ3) is 3.23. The van der Waals surface area contributed by atoms with Crippen LogP contribution in [0.25, 0.3) is 0 Å². The van der Waals surface area contributed by atoms with E-state index < -0.39 is 21.1 Å². The second kappa shape index (κ2) is 7.30. The van der Waals surface area contributed by atoms with E-state index in [1.54, 1.807) is 59.5 Å². The minimum Gasteiger partial charge on any atom is -0.334 e. The summed E-state index contributed by atoms with van der Waals surface area (Å²) >= 11 is 0. The van der Waals surface area contributed by atoms with Crippen molar-refractivity contribution in [2.45, 2.75) is 36.0 Å². The SMILES string of the molecule is CCCN1C(=O)C[C@H](S(=O)(=O)c2ccccc2)[C@H]1c1ccc(C#N)cc1. The Morgan fingerprint density at radius 3 is 2.35 bits per heavy atom. The number of sulfone groups is 1. The van der Waals surface area contributed by atoms with Gasteiger partial charge in [-0.05, 0) is 36.2 Å². The topological polar surface area (TPSA) is 78.2 Å². The van der Waals surface area contributed by atoms with Crippen LogP contribution in [0.4, 0.5) is 0 Å². The van der Waals surface area contributed by atoms with Crippen LogP contribution in [0.1, 0.15) is 36.9 Å². The van der Waals surface area contributed by atoms with Crippen LogP contribution >= 0.6 is 0 Å². The van der Waals surface area contributed by atoms with E-state index in [2.05, 4.69) is 6.07 Å². The summed E-state index contributed by atoms with van der Waals surface area (Å²) in [6, 6.07) is 16.6. The molecule has 3 rings (SSSR count). The summed E-state index contributed by atoms with van der Waals surface area (Å²) in [5.74, 6) is -0.147. The van der Waals surface area contributed by atoms with Crippen molar-refractivity contribution in [3.05, 3.63) is 65.7 Å². The third-order valence-electron chi connectivity index (χ3n) is 4.70. The van der Waals surface area contributed by atoms with Crippen molar-refractivity contribution in [1.29, 1.82) is 5.26 Å². The molecule has 26 heavy (non-hydrogen) atoms. The number of rotatable bonds is 5. The molecule has 0 spiro atoms. The van der Waals surface area contributed by atoms with Crippen LogP contribution in [-0.2, 0) is 14.6 Å². The minimum absolute atomic E-state index is 0.0259. The van der Waals surface area contributed by atoms with Crippen LogP contribution in [0.3, 0.4) is 0 Å². The Morgan fingerprint density at radius 2 is 1.77 bits per heavy atom. The summed E-state index contributed by atoms with van der Waals surface area (Å²) in [6.45, 7) is 2.46. The summed E-state index contributed by atoms with van der Waals surface area (Å²) in [6.07, 6.45) is 0.721. The highest BCUT2D eigenvalue weighted by Gasteiger charge is 2.47. The monoisotopic (exact) mass is 368 g/mol. The highest BCUT2D eigenvalue weighted by Crippen LogP contribution is 2.39. The molecular weight excluding hydrogens is 348 g/mol. The van der Waals surface area contributed by atoms with Crippen molar-refractivity contribution in [3.8, 4) is 6.07 Å². The maximum atomic E-state index is 13.2. The van der Waals surface area contributed by atoms with E-state index in [-0.39, 0.29) is 17.2 Å². The Labute approximate surface area is 153 Å².